The van der Waals surface area contributed by atoms with Crippen molar-refractivity contribution in [3.8, 4) is 22.9 Å². The number of methoxy groups -OCH3 is 2. The minimum atomic E-state index is -0.531. The maximum atomic E-state index is 9.52. The fourth-order valence-corrected chi connectivity index (χ4v) is 6.35. The second kappa shape index (κ2) is 8.25. The zero-order valence-corrected chi connectivity index (χ0v) is 19.6. The van der Waals surface area contributed by atoms with Crippen molar-refractivity contribution in [3.63, 3.8) is 0 Å². The van der Waals surface area contributed by atoms with Gasteiger partial charge in [-0.3, -0.25) is 10.3 Å². The molecule has 6 heteroatoms. The van der Waals surface area contributed by atoms with Gasteiger partial charge in [-0.05, 0) is 97.5 Å². The van der Waals surface area contributed by atoms with Gasteiger partial charge in [-0.25, -0.2) is 0 Å². The van der Waals surface area contributed by atoms with E-state index in [-0.39, 0.29) is 11.6 Å². The predicted octanol–water partition coefficient (Wildman–Crippen LogP) is 4.18. The summed E-state index contributed by atoms with van der Waals surface area (Å²) in [4.78, 5) is 5.14. The summed E-state index contributed by atoms with van der Waals surface area (Å²) in [6, 6.07) is 12.4. The van der Waals surface area contributed by atoms with Gasteiger partial charge in [0.25, 0.3) is 0 Å². The van der Waals surface area contributed by atoms with Crippen LogP contribution < -0.4 is 15.8 Å². The normalized spacial score (nSPS) is 30.4. The second-order valence-corrected chi connectivity index (χ2v) is 9.76. The lowest BCUT2D eigenvalue weighted by Gasteiger charge is -2.54. The van der Waals surface area contributed by atoms with Crippen molar-refractivity contribution < 1.29 is 9.47 Å². The van der Waals surface area contributed by atoms with E-state index in [1.807, 2.05) is 25.5 Å². The number of ether oxygens (including phenoxy) is 2. The Balaban J connectivity index is 1.67. The van der Waals surface area contributed by atoms with Crippen molar-refractivity contribution in [1.29, 1.82) is 5.26 Å². The molecule has 2 spiro atoms. The zero-order chi connectivity index (χ0) is 23.2. The fourth-order valence-electron chi connectivity index (χ4n) is 6.35. The van der Waals surface area contributed by atoms with Crippen LogP contribution in [0.3, 0.4) is 0 Å². The average molecular weight is 445 g/mol. The van der Waals surface area contributed by atoms with Crippen LogP contribution in [0.2, 0.25) is 0 Å². The van der Waals surface area contributed by atoms with Crippen LogP contribution in [0.1, 0.15) is 54.4 Å². The summed E-state index contributed by atoms with van der Waals surface area (Å²) in [5.41, 5.74) is 12.3. The van der Waals surface area contributed by atoms with Crippen LogP contribution in [-0.2, 0) is 16.8 Å². The zero-order valence-electron chi connectivity index (χ0n) is 19.6. The first-order valence-corrected chi connectivity index (χ1v) is 11.8. The van der Waals surface area contributed by atoms with E-state index in [1.165, 1.54) is 16.7 Å². The summed E-state index contributed by atoms with van der Waals surface area (Å²) in [6.07, 6.45) is 8.26. The standard InChI is InChI=1S/C27H32N4O2/c1-17-10-19(20-11-18(15-28)12-22(13-20)33-3)14-24-23(17)6-9-26(7-4-21(32-2)5-8-26)27(24)30-16-25(29)31-27/h10-14,16,21,25,31H,4-9,29H2,1-3H3/t21-,25?,26-,27?. The molecule has 6 nitrogen and oxygen atoms in total. The molecule has 3 aliphatic rings. The first kappa shape index (κ1) is 22.1. The molecule has 2 aliphatic carbocycles. The Bertz CT molecular complexity index is 1140. The average Bonchev–Trinajstić information content (AvgIpc) is 3.24. The van der Waals surface area contributed by atoms with E-state index >= 15 is 0 Å². The van der Waals surface area contributed by atoms with Crippen molar-refractivity contribution in [3.05, 3.63) is 52.6 Å². The van der Waals surface area contributed by atoms with E-state index in [2.05, 4.69) is 30.4 Å². The Labute approximate surface area is 195 Å². The van der Waals surface area contributed by atoms with E-state index in [0.29, 0.717) is 17.4 Å². The lowest BCUT2D eigenvalue weighted by molar-refractivity contribution is -0.0314. The number of fused-ring (bicyclic) bond motifs is 3. The van der Waals surface area contributed by atoms with Crippen LogP contribution in [0.15, 0.2) is 35.3 Å². The topological polar surface area (TPSA) is 92.7 Å². The molecular formula is C27H32N4O2. The van der Waals surface area contributed by atoms with Crippen molar-refractivity contribution in [1.82, 2.24) is 5.32 Å². The van der Waals surface area contributed by atoms with E-state index < -0.39 is 5.66 Å². The van der Waals surface area contributed by atoms with Crippen LogP contribution >= 0.6 is 0 Å². The van der Waals surface area contributed by atoms with Crippen molar-refractivity contribution in [2.75, 3.05) is 14.2 Å². The number of benzene rings is 2. The highest BCUT2D eigenvalue weighted by atomic mass is 16.5. The molecule has 1 aliphatic heterocycles. The van der Waals surface area contributed by atoms with Gasteiger partial charge in [0.15, 0.2) is 0 Å². The molecule has 2 aromatic carbocycles. The van der Waals surface area contributed by atoms with Gasteiger partial charge in [-0.2, -0.15) is 5.26 Å². The van der Waals surface area contributed by atoms with Crippen LogP contribution in [0.25, 0.3) is 11.1 Å². The minimum Gasteiger partial charge on any atom is -0.497 e. The van der Waals surface area contributed by atoms with Gasteiger partial charge in [-0.15, -0.1) is 0 Å². The van der Waals surface area contributed by atoms with Gasteiger partial charge in [0.05, 0.1) is 31.0 Å². The number of nitrogens with one attached hydrogen (secondary N) is 1. The molecule has 0 radical (unpaired) electrons. The highest BCUT2D eigenvalue weighted by Crippen LogP contribution is 2.58. The monoisotopic (exact) mass is 444 g/mol. The first-order chi connectivity index (χ1) is 15.9. The summed E-state index contributed by atoms with van der Waals surface area (Å²) in [7, 11) is 3.45. The molecule has 0 saturated heterocycles. The highest BCUT2D eigenvalue weighted by molar-refractivity contribution is 5.73. The third-order valence-corrected chi connectivity index (χ3v) is 8.12. The first-order valence-electron chi connectivity index (χ1n) is 11.8. The molecule has 0 aromatic heterocycles. The molecule has 172 valence electrons. The Morgan fingerprint density at radius 2 is 1.85 bits per heavy atom. The Kier molecular flexibility index (Phi) is 5.52. The number of hydrogen-bond donors (Lipinski definition) is 2. The van der Waals surface area contributed by atoms with E-state index in [9.17, 15) is 5.26 Å². The number of aliphatic imine (C=N–C) groups is 1. The van der Waals surface area contributed by atoms with Gasteiger partial charge in [0, 0.05) is 18.7 Å². The largest absolute Gasteiger partial charge is 0.497 e. The third kappa shape index (κ3) is 3.47. The molecule has 1 fully saturated rings. The minimum absolute atomic E-state index is 0.0108. The van der Waals surface area contributed by atoms with Crippen LogP contribution in [0.5, 0.6) is 5.75 Å². The summed E-state index contributed by atoms with van der Waals surface area (Å²) in [5.74, 6) is 0.683. The molecule has 1 heterocycles. The van der Waals surface area contributed by atoms with Crippen LogP contribution in [0, 0.1) is 23.7 Å². The molecule has 2 aromatic rings. The Morgan fingerprint density at radius 3 is 2.48 bits per heavy atom. The molecule has 1 saturated carbocycles. The van der Waals surface area contributed by atoms with E-state index in [1.54, 1.807) is 13.2 Å². The lowest BCUT2D eigenvalue weighted by atomic mass is 9.56. The Morgan fingerprint density at radius 1 is 1.09 bits per heavy atom. The van der Waals surface area contributed by atoms with Crippen LogP contribution in [0.4, 0.5) is 0 Å². The summed E-state index contributed by atoms with van der Waals surface area (Å²) >= 11 is 0. The number of nitriles is 1. The van der Waals surface area contributed by atoms with Gasteiger partial charge >= 0.3 is 0 Å². The number of nitrogens with zero attached hydrogens (tertiary/aromatic N) is 2. The van der Waals surface area contributed by atoms with Crippen molar-refractivity contribution in [2.24, 2.45) is 16.1 Å². The molecule has 2 atom stereocenters. The van der Waals surface area contributed by atoms with Crippen molar-refractivity contribution >= 4 is 6.21 Å². The lowest BCUT2D eigenvalue weighted by Crippen LogP contribution is -2.59. The van der Waals surface area contributed by atoms with Gasteiger partial charge < -0.3 is 15.2 Å². The van der Waals surface area contributed by atoms with Gasteiger partial charge in [0.1, 0.15) is 11.4 Å². The molecular weight excluding hydrogens is 412 g/mol. The SMILES string of the molecule is COc1cc(C#N)cc(-c2cc(C)c3c(c2)C2(N=CC(N)N2)[C@]2(CC3)CC[C@@H](OC)CC2)c1. The number of rotatable bonds is 3. The quantitative estimate of drug-likeness (QED) is 0.741. The molecule has 2 unspecified atom stereocenters. The Hall–Kier alpha value is -2.72. The van der Waals surface area contributed by atoms with E-state index in [0.717, 1.165) is 49.7 Å². The second-order valence-electron chi connectivity index (χ2n) is 9.76. The molecule has 33 heavy (non-hydrogen) atoms. The van der Waals surface area contributed by atoms with Gasteiger partial charge in [-0.1, -0.05) is 6.07 Å². The molecule has 5 rings (SSSR count). The molecule has 0 bridgehead atoms. The smallest absolute Gasteiger partial charge is 0.143 e. The summed E-state index contributed by atoms with van der Waals surface area (Å²) < 4.78 is 11.1. The number of hydrogen-bond acceptors (Lipinski definition) is 6. The van der Waals surface area contributed by atoms with E-state index in [4.69, 9.17) is 20.2 Å². The maximum Gasteiger partial charge on any atom is 0.143 e. The van der Waals surface area contributed by atoms with Crippen LogP contribution in [-0.4, -0.2) is 32.7 Å². The summed E-state index contributed by atoms with van der Waals surface area (Å²) in [5, 5.41) is 13.2. The molecule has 0 amide bonds. The van der Waals surface area contributed by atoms with Crippen molar-refractivity contribution in [2.45, 2.75) is 63.4 Å². The number of nitrogens with two attached hydrogens (primary N) is 1. The predicted molar refractivity (Wildman–Crippen MR) is 129 cm³/mol. The number of aryl methyl sites for hydroxylation is 1. The highest BCUT2D eigenvalue weighted by Gasteiger charge is 2.58. The maximum absolute atomic E-state index is 9.52. The third-order valence-electron chi connectivity index (χ3n) is 8.12. The summed E-state index contributed by atoms with van der Waals surface area (Å²) in [6.45, 7) is 2.18. The molecule has 3 N–H and O–H groups in total. The van der Waals surface area contributed by atoms with Gasteiger partial charge in [0.2, 0.25) is 0 Å². The fraction of sp³-hybridized carbons (Fsp3) is 0.481.